The predicted molar refractivity (Wildman–Crippen MR) is 110 cm³/mol. The van der Waals surface area contributed by atoms with Gasteiger partial charge >= 0.3 is 0 Å². The molecule has 29 heavy (non-hydrogen) atoms. The fourth-order valence-electron chi connectivity index (χ4n) is 2.28. The molecule has 10 heteroatoms. The standard InChI is InChI=1S/C19H17ClFN5O2S/c1-2-9-26-17(11-28-15-6-4-14(21)5-7-15)24-25-19(26)29-12-18(27)23-16-8-3-13(20)10-22-16/h2-8,10H,1,9,11-12H2,(H,22,23,27). The highest BCUT2D eigenvalue weighted by atomic mass is 35.5. The Morgan fingerprint density at radius 2 is 2.07 bits per heavy atom. The summed E-state index contributed by atoms with van der Waals surface area (Å²) >= 11 is 7.01. The van der Waals surface area contributed by atoms with Crippen molar-refractivity contribution < 1.29 is 13.9 Å². The summed E-state index contributed by atoms with van der Waals surface area (Å²) in [5.41, 5.74) is 0. The van der Waals surface area contributed by atoms with E-state index in [0.717, 1.165) is 0 Å². The molecule has 2 heterocycles. The Bertz CT molecular complexity index is 979. The van der Waals surface area contributed by atoms with Crippen LogP contribution in [-0.4, -0.2) is 31.4 Å². The lowest BCUT2D eigenvalue weighted by Crippen LogP contribution is -2.15. The van der Waals surface area contributed by atoms with Crippen molar-refractivity contribution in [1.29, 1.82) is 0 Å². The van der Waals surface area contributed by atoms with Crippen molar-refractivity contribution in [3.63, 3.8) is 0 Å². The zero-order valence-corrected chi connectivity index (χ0v) is 16.8. The number of rotatable bonds is 9. The molecule has 1 N–H and O–H groups in total. The molecule has 0 unspecified atom stereocenters. The SMILES string of the molecule is C=CCn1c(COc2ccc(F)cc2)nnc1SCC(=O)Nc1ccc(Cl)cn1. The van der Waals surface area contributed by atoms with E-state index in [4.69, 9.17) is 16.3 Å². The highest BCUT2D eigenvalue weighted by Crippen LogP contribution is 2.19. The van der Waals surface area contributed by atoms with Gasteiger partial charge < -0.3 is 10.1 Å². The molecule has 1 aromatic carbocycles. The molecular formula is C19H17ClFN5O2S. The number of amides is 1. The van der Waals surface area contributed by atoms with Crippen molar-refractivity contribution in [1.82, 2.24) is 19.7 Å². The third-order valence-corrected chi connectivity index (χ3v) is 4.80. The van der Waals surface area contributed by atoms with Crippen LogP contribution in [0.15, 0.2) is 60.4 Å². The van der Waals surface area contributed by atoms with Crippen molar-refractivity contribution in [3.05, 3.63) is 71.9 Å². The van der Waals surface area contributed by atoms with Gasteiger partial charge in [-0.2, -0.15) is 0 Å². The van der Waals surface area contributed by atoms with Crippen molar-refractivity contribution in [2.75, 3.05) is 11.1 Å². The number of benzene rings is 1. The largest absolute Gasteiger partial charge is 0.486 e. The predicted octanol–water partition coefficient (Wildman–Crippen LogP) is 3.96. The van der Waals surface area contributed by atoms with Gasteiger partial charge in [-0.05, 0) is 36.4 Å². The fourth-order valence-corrected chi connectivity index (χ4v) is 3.16. The Morgan fingerprint density at radius 1 is 1.28 bits per heavy atom. The van der Waals surface area contributed by atoms with E-state index >= 15 is 0 Å². The number of aromatic nitrogens is 4. The molecule has 0 radical (unpaired) electrons. The molecule has 0 saturated carbocycles. The summed E-state index contributed by atoms with van der Waals surface area (Å²) in [5, 5.41) is 12.0. The van der Waals surface area contributed by atoms with Gasteiger partial charge in [0.25, 0.3) is 0 Å². The number of halogens is 2. The van der Waals surface area contributed by atoms with E-state index in [1.54, 1.807) is 22.8 Å². The molecule has 3 aromatic rings. The third-order valence-electron chi connectivity index (χ3n) is 3.61. The first-order chi connectivity index (χ1) is 14.0. The second-order valence-corrected chi connectivity index (χ2v) is 7.12. The highest BCUT2D eigenvalue weighted by Gasteiger charge is 2.14. The van der Waals surface area contributed by atoms with Crippen LogP contribution < -0.4 is 10.1 Å². The monoisotopic (exact) mass is 433 g/mol. The summed E-state index contributed by atoms with van der Waals surface area (Å²) in [7, 11) is 0. The molecule has 0 aliphatic heterocycles. The zero-order valence-electron chi connectivity index (χ0n) is 15.2. The number of carbonyl (C=O) groups is 1. The van der Waals surface area contributed by atoms with Crippen molar-refractivity contribution in [3.8, 4) is 5.75 Å². The van der Waals surface area contributed by atoms with Crippen LogP contribution in [0.2, 0.25) is 5.02 Å². The number of thioether (sulfide) groups is 1. The highest BCUT2D eigenvalue weighted by molar-refractivity contribution is 7.99. The van der Waals surface area contributed by atoms with E-state index in [1.807, 2.05) is 0 Å². The first kappa shape index (κ1) is 20.8. The number of pyridine rings is 1. The van der Waals surface area contributed by atoms with Gasteiger partial charge in [0.15, 0.2) is 11.0 Å². The molecule has 2 aromatic heterocycles. The maximum atomic E-state index is 13.0. The molecule has 3 rings (SSSR count). The molecule has 7 nitrogen and oxygen atoms in total. The van der Waals surface area contributed by atoms with E-state index in [-0.39, 0.29) is 24.1 Å². The number of carbonyl (C=O) groups excluding carboxylic acids is 1. The van der Waals surface area contributed by atoms with Gasteiger partial charge in [0.2, 0.25) is 5.91 Å². The summed E-state index contributed by atoms with van der Waals surface area (Å²) in [5.74, 6) is 1.05. The van der Waals surface area contributed by atoms with Gasteiger partial charge in [0, 0.05) is 12.7 Å². The Kier molecular flexibility index (Phi) is 7.20. The van der Waals surface area contributed by atoms with Crippen LogP contribution in [0.3, 0.4) is 0 Å². The Balaban J connectivity index is 1.59. The Labute approximate surface area is 176 Å². The van der Waals surface area contributed by atoms with Gasteiger partial charge in [0.1, 0.15) is 24.0 Å². The van der Waals surface area contributed by atoms with Crippen LogP contribution in [-0.2, 0) is 17.9 Å². The lowest BCUT2D eigenvalue weighted by molar-refractivity contribution is -0.113. The van der Waals surface area contributed by atoms with Crippen LogP contribution in [0.5, 0.6) is 5.75 Å². The minimum absolute atomic E-state index is 0.123. The van der Waals surface area contributed by atoms with E-state index in [9.17, 15) is 9.18 Å². The van der Waals surface area contributed by atoms with Crippen LogP contribution >= 0.6 is 23.4 Å². The molecule has 0 saturated heterocycles. The Hall–Kier alpha value is -2.91. The molecule has 0 atom stereocenters. The second kappa shape index (κ2) is 10.0. The number of ether oxygens (including phenoxy) is 1. The average molecular weight is 434 g/mol. The second-order valence-electron chi connectivity index (χ2n) is 5.74. The number of nitrogens with zero attached hydrogens (tertiary/aromatic N) is 4. The topological polar surface area (TPSA) is 81.9 Å². The summed E-state index contributed by atoms with van der Waals surface area (Å²) in [4.78, 5) is 16.2. The summed E-state index contributed by atoms with van der Waals surface area (Å²) in [6.07, 6.45) is 3.16. The molecule has 0 bridgehead atoms. The van der Waals surface area contributed by atoms with Gasteiger partial charge in [0.05, 0.1) is 10.8 Å². The quantitative estimate of drug-likeness (QED) is 0.406. The lowest BCUT2D eigenvalue weighted by Gasteiger charge is -2.09. The molecule has 0 spiro atoms. The molecule has 1 amide bonds. The van der Waals surface area contributed by atoms with Crippen molar-refractivity contribution >= 4 is 35.1 Å². The molecule has 0 aliphatic carbocycles. The summed E-state index contributed by atoms with van der Waals surface area (Å²) in [6, 6.07) is 8.97. The number of anilines is 1. The maximum Gasteiger partial charge on any atom is 0.236 e. The molecule has 150 valence electrons. The van der Waals surface area contributed by atoms with Crippen LogP contribution in [0.4, 0.5) is 10.2 Å². The Morgan fingerprint density at radius 3 is 2.76 bits per heavy atom. The third kappa shape index (κ3) is 6.03. The smallest absolute Gasteiger partial charge is 0.236 e. The van der Waals surface area contributed by atoms with Crippen LogP contribution in [0, 0.1) is 5.82 Å². The van der Waals surface area contributed by atoms with E-state index in [2.05, 4.69) is 27.1 Å². The summed E-state index contributed by atoms with van der Waals surface area (Å²) in [6.45, 7) is 4.34. The minimum atomic E-state index is -0.335. The number of hydrogen-bond acceptors (Lipinski definition) is 6. The van der Waals surface area contributed by atoms with Crippen molar-refractivity contribution in [2.24, 2.45) is 0 Å². The number of nitrogens with one attached hydrogen (secondary N) is 1. The number of hydrogen-bond donors (Lipinski definition) is 1. The molecular weight excluding hydrogens is 417 g/mol. The van der Waals surface area contributed by atoms with E-state index in [0.29, 0.717) is 34.1 Å². The van der Waals surface area contributed by atoms with Gasteiger partial charge in [-0.25, -0.2) is 9.37 Å². The molecule has 0 aliphatic rings. The fraction of sp³-hybridized carbons (Fsp3) is 0.158. The first-order valence-corrected chi connectivity index (χ1v) is 9.87. The number of allylic oxidation sites excluding steroid dienone is 1. The van der Waals surface area contributed by atoms with Gasteiger partial charge in [-0.3, -0.25) is 9.36 Å². The van der Waals surface area contributed by atoms with Crippen LogP contribution in [0.25, 0.3) is 0 Å². The van der Waals surface area contributed by atoms with E-state index < -0.39 is 0 Å². The van der Waals surface area contributed by atoms with E-state index in [1.165, 1.54) is 42.2 Å². The normalized spacial score (nSPS) is 10.6. The van der Waals surface area contributed by atoms with Gasteiger partial charge in [-0.1, -0.05) is 29.4 Å². The first-order valence-electron chi connectivity index (χ1n) is 8.50. The lowest BCUT2D eigenvalue weighted by atomic mass is 10.3. The minimum Gasteiger partial charge on any atom is -0.486 e. The molecule has 0 fully saturated rings. The van der Waals surface area contributed by atoms with Gasteiger partial charge in [-0.15, -0.1) is 16.8 Å². The van der Waals surface area contributed by atoms with Crippen molar-refractivity contribution in [2.45, 2.75) is 18.3 Å². The average Bonchev–Trinajstić information content (AvgIpc) is 3.10. The van der Waals surface area contributed by atoms with Crippen LogP contribution in [0.1, 0.15) is 5.82 Å². The maximum absolute atomic E-state index is 13.0. The summed E-state index contributed by atoms with van der Waals surface area (Å²) < 4.78 is 20.4. The zero-order chi connectivity index (χ0) is 20.6.